The monoisotopic (exact) mass is 474 g/mol. The molecule has 4 aromatic rings. The summed E-state index contributed by atoms with van der Waals surface area (Å²) in [4.78, 5) is 2.52. The molecule has 0 saturated carbocycles. The Hall–Kier alpha value is -3.00. The zero-order chi connectivity index (χ0) is 23.5. The third-order valence-corrected chi connectivity index (χ3v) is 7.48. The molecule has 0 aliphatic carbocycles. The zero-order valence-corrected chi connectivity index (χ0v) is 20.6. The highest BCUT2D eigenvalue weighted by Gasteiger charge is 2.19. The summed E-state index contributed by atoms with van der Waals surface area (Å²) in [5.74, 6) is 1.61. The summed E-state index contributed by atoms with van der Waals surface area (Å²) in [6, 6.07) is 19.2. The van der Waals surface area contributed by atoms with Crippen molar-refractivity contribution in [2.45, 2.75) is 39.0 Å². The maximum atomic E-state index is 6.15. The van der Waals surface area contributed by atoms with Crippen molar-refractivity contribution in [3.63, 3.8) is 0 Å². The van der Waals surface area contributed by atoms with Gasteiger partial charge >= 0.3 is 0 Å². The van der Waals surface area contributed by atoms with Gasteiger partial charge in [-0.05, 0) is 62.4 Å². The van der Waals surface area contributed by atoms with Crippen LogP contribution in [0.5, 0.6) is 5.75 Å². The first-order chi connectivity index (χ1) is 16.6. The van der Waals surface area contributed by atoms with Crippen LogP contribution in [0.25, 0.3) is 21.2 Å². The van der Waals surface area contributed by atoms with Crippen molar-refractivity contribution < 1.29 is 9.47 Å². The van der Waals surface area contributed by atoms with Crippen LogP contribution in [0.1, 0.15) is 35.5 Å². The highest BCUT2D eigenvalue weighted by Crippen LogP contribution is 2.36. The fraction of sp³-hybridized carbons (Fsp3) is 0.333. The van der Waals surface area contributed by atoms with Crippen molar-refractivity contribution in [2.24, 2.45) is 0 Å². The molecule has 0 radical (unpaired) electrons. The van der Waals surface area contributed by atoms with E-state index in [4.69, 9.17) is 9.47 Å². The summed E-state index contributed by atoms with van der Waals surface area (Å²) in [5.41, 5.74) is 3.48. The summed E-state index contributed by atoms with van der Waals surface area (Å²) in [6.45, 7) is 6.40. The van der Waals surface area contributed by atoms with Gasteiger partial charge in [0.2, 0.25) is 0 Å². The molecule has 2 atom stereocenters. The Bertz CT molecular complexity index is 1280. The molecular formula is C27H30N4O2S. The number of nitrogens with one attached hydrogen (secondary N) is 2. The van der Waals surface area contributed by atoms with Gasteiger partial charge in [0.25, 0.3) is 0 Å². The van der Waals surface area contributed by atoms with E-state index in [-0.39, 0.29) is 12.1 Å². The third kappa shape index (κ3) is 4.78. The van der Waals surface area contributed by atoms with Crippen LogP contribution in [-0.4, -0.2) is 36.6 Å². The lowest BCUT2D eigenvalue weighted by Crippen LogP contribution is -2.15. The van der Waals surface area contributed by atoms with Crippen molar-refractivity contribution in [3.8, 4) is 16.2 Å². The molecule has 176 valence electrons. The Labute approximate surface area is 204 Å². The van der Waals surface area contributed by atoms with Gasteiger partial charge in [-0.15, -0.1) is 16.4 Å². The Morgan fingerprint density at radius 3 is 2.82 bits per heavy atom. The summed E-state index contributed by atoms with van der Waals surface area (Å²) >= 11 is 1.81. The Morgan fingerprint density at radius 1 is 1.12 bits per heavy atom. The van der Waals surface area contributed by atoms with Crippen LogP contribution in [0.4, 0.5) is 5.82 Å². The Morgan fingerprint density at radius 2 is 2.00 bits per heavy atom. The molecule has 1 aliphatic heterocycles. The van der Waals surface area contributed by atoms with Crippen LogP contribution >= 0.6 is 11.3 Å². The highest BCUT2D eigenvalue weighted by atomic mass is 32.1. The number of hydrogen-bond donors (Lipinski definition) is 2. The van der Waals surface area contributed by atoms with Gasteiger partial charge in [-0.1, -0.05) is 24.3 Å². The van der Waals surface area contributed by atoms with E-state index in [0.717, 1.165) is 47.6 Å². The second kappa shape index (κ2) is 10.1. The van der Waals surface area contributed by atoms with E-state index in [1.807, 2.05) is 31.4 Å². The largest absolute Gasteiger partial charge is 0.488 e. The van der Waals surface area contributed by atoms with Crippen LogP contribution in [0, 0.1) is 6.92 Å². The highest BCUT2D eigenvalue weighted by molar-refractivity contribution is 7.15. The molecule has 0 amide bonds. The molecule has 3 heterocycles. The minimum absolute atomic E-state index is 0.0863. The molecule has 1 saturated heterocycles. The SMILES string of the molecule is CNCc1ccccc1-c1ccc([C@@H](C)Nc2nnc(C)c3ccc(OC4CCOC4)cc23)s1. The zero-order valence-electron chi connectivity index (χ0n) is 19.8. The molecule has 2 N–H and O–H groups in total. The maximum Gasteiger partial charge on any atom is 0.157 e. The fourth-order valence-corrected chi connectivity index (χ4v) is 5.43. The van der Waals surface area contributed by atoms with E-state index in [9.17, 15) is 0 Å². The summed E-state index contributed by atoms with van der Waals surface area (Å²) < 4.78 is 11.6. The van der Waals surface area contributed by atoms with Crippen LogP contribution in [0.3, 0.4) is 0 Å². The number of thiophene rings is 1. The van der Waals surface area contributed by atoms with Gasteiger partial charge in [-0.2, -0.15) is 5.10 Å². The number of benzene rings is 2. The minimum atomic E-state index is 0.0863. The van der Waals surface area contributed by atoms with Crippen LogP contribution in [0.15, 0.2) is 54.6 Å². The number of ether oxygens (including phenoxy) is 2. The quantitative estimate of drug-likeness (QED) is 0.340. The second-order valence-corrected chi connectivity index (χ2v) is 9.82. The molecule has 0 spiro atoms. The second-order valence-electron chi connectivity index (χ2n) is 8.70. The first-order valence-electron chi connectivity index (χ1n) is 11.7. The molecule has 2 aromatic carbocycles. The first-order valence-corrected chi connectivity index (χ1v) is 12.5. The fourth-order valence-electron chi connectivity index (χ4n) is 4.36. The summed E-state index contributed by atoms with van der Waals surface area (Å²) in [7, 11) is 1.98. The predicted octanol–water partition coefficient (Wildman–Crippen LogP) is 5.73. The van der Waals surface area contributed by atoms with Gasteiger partial charge in [0, 0.05) is 33.5 Å². The topological polar surface area (TPSA) is 68.3 Å². The molecule has 2 aromatic heterocycles. The average Bonchev–Trinajstić information content (AvgIpc) is 3.54. The van der Waals surface area contributed by atoms with Gasteiger partial charge in [0.1, 0.15) is 11.9 Å². The summed E-state index contributed by atoms with van der Waals surface area (Å²) in [5, 5.41) is 17.9. The van der Waals surface area contributed by atoms with Crippen molar-refractivity contribution in [1.82, 2.24) is 15.5 Å². The molecule has 1 fully saturated rings. The molecule has 7 heteroatoms. The third-order valence-electron chi connectivity index (χ3n) is 6.18. The normalized spacial score (nSPS) is 16.6. The molecule has 1 aliphatic rings. The van der Waals surface area contributed by atoms with Crippen molar-refractivity contribution in [3.05, 3.63) is 70.7 Å². The van der Waals surface area contributed by atoms with E-state index in [1.54, 1.807) is 0 Å². The Kier molecular flexibility index (Phi) is 6.76. The van der Waals surface area contributed by atoms with Gasteiger partial charge < -0.3 is 20.1 Å². The lowest BCUT2D eigenvalue weighted by molar-refractivity contribution is 0.141. The van der Waals surface area contributed by atoms with E-state index < -0.39 is 0 Å². The minimum Gasteiger partial charge on any atom is -0.488 e. The number of aromatic nitrogens is 2. The van der Waals surface area contributed by atoms with Gasteiger partial charge in [-0.25, -0.2) is 0 Å². The van der Waals surface area contributed by atoms with Crippen LogP contribution in [0.2, 0.25) is 0 Å². The average molecular weight is 475 g/mol. The number of aryl methyl sites for hydroxylation is 1. The lowest BCUT2D eigenvalue weighted by atomic mass is 10.1. The predicted molar refractivity (Wildman–Crippen MR) is 139 cm³/mol. The van der Waals surface area contributed by atoms with Crippen LogP contribution < -0.4 is 15.4 Å². The first kappa shape index (κ1) is 22.8. The van der Waals surface area contributed by atoms with Gasteiger partial charge in [0.15, 0.2) is 5.82 Å². The number of anilines is 1. The van der Waals surface area contributed by atoms with E-state index in [0.29, 0.717) is 6.61 Å². The smallest absolute Gasteiger partial charge is 0.157 e. The molecule has 5 rings (SSSR count). The molecule has 1 unspecified atom stereocenters. The van der Waals surface area contributed by atoms with Crippen molar-refractivity contribution in [2.75, 3.05) is 25.6 Å². The Balaban J connectivity index is 1.40. The lowest BCUT2D eigenvalue weighted by Gasteiger charge is -2.17. The van der Waals surface area contributed by atoms with Crippen molar-refractivity contribution in [1.29, 1.82) is 0 Å². The molecule has 34 heavy (non-hydrogen) atoms. The summed E-state index contributed by atoms with van der Waals surface area (Å²) in [6.07, 6.45) is 1.03. The number of hydrogen-bond acceptors (Lipinski definition) is 7. The van der Waals surface area contributed by atoms with Crippen molar-refractivity contribution >= 4 is 27.9 Å². The number of rotatable bonds is 8. The van der Waals surface area contributed by atoms with Crippen LogP contribution in [-0.2, 0) is 11.3 Å². The standard InChI is InChI=1S/C27H30N4O2S/c1-17-22-9-8-20(33-21-12-13-32-16-21)14-24(22)27(31-30-17)29-18(2)25-10-11-26(34-25)23-7-5-4-6-19(23)15-28-3/h4-11,14,18,21,28H,12-13,15-16H2,1-3H3,(H,29,31)/t18-,21?/m1/s1. The van der Waals surface area contributed by atoms with E-state index in [2.05, 4.69) is 76.3 Å². The van der Waals surface area contributed by atoms with E-state index in [1.165, 1.54) is 20.9 Å². The van der Waals surface area contributed by atoms with E-state index >= 15 is 0 Å². The van der Waals surface area contributed by atoms with Gasteiger partial charge in [-0.3, -0.25) is 0 Å². The molecule has 0 bridgehead atoms. The molecular weight excluding hydrogens is 444 g/mol. The maximum absolute atomic E-state index is 6.15. The number of fused-ring (bicyclic) bond motifs is 1. The van der Waals surface area contributed by atoms with Gasteiger partial charge in [0.05, 0.1) is 24.9 Å². The number of nitrogens with zero attached hydrogens (tertiary/aromatic N) is 2. The molecule has 6 nitrogen and oxygen atoms in total.